The highest BCUT2D eigenvalue weighted by Crippen LogP contribution is 2.24. The molecule has 0 saturated carbocycles. The molecule has 3 nitrogen and oxygen atoms in total. The molecule has 1 unspecified atom stereocenters. The summed E-state index contributed by atoms with van der Waals surface area (Å²) < 4.78 is 5.78. The molecule has 1 aliphatic heterocycles. The van der Waals surface area contributed by atoms with Crippen LogP contribution in [0.3, 0.4) is 0 Å². The molecule has 1 aromatic carbocycles. The van der Waals surface area contributed by atoms with Crippen molar-refractivity contribution in [3.63, 3.8) is 0 Å². The van der Waals surface area contributed by atoms with Crippen molar-refractivity contribution in [2.45, 2.75) is 25.0 Å². The fourth-order valence-corrected chi connectivity index (χ4v) is 3.05. The Morgan fingerprint density at radius 1 is 1.28 bits per heavy atom. The number of fused-ring (bicyclic) bond motifs is 1. The third kappa shape index (κ3) is 2.58. The molecule has 0 spiro atoms. The first-order valence-corrected chi connectivity index (χ1v) is 6.92. The number of rotatable bonds is 3. The van der Waals surface area contributed by atoms with Crippen LogP contribution in [-0.2, 0) is 17.6 Å². The first-order valence-electron chi connectivity index (χ1n) is 6.92. The quantitative estimate of drug-likeness (QED) is 0.863. The van der Waals surface area contributed by atoms with Gasteiger partial charge in [0.1, 0.15) is 0 Å². The molecular weight excluding hydrogens is 224 g/mol. The number of ether oxygens (including phenoxy) is 1. The zero-order valence-electron chi connectivity index (χ0n) is 11.1. The second-order valence-corrected chi connectivity index (χ2v) is 5.47. The molecular formula is C15H22N2O. The van der Waals surface area contributed by atoms with Crippen molar-refractivity contribution in [2.24, 2.45) is 0 Å². The Bertz CT molecular complexity index is 376. The van der Waals surface area contributed by atoms with Gasteiger partial charge in [0.25, 0.3) is 0 Å². The molecule has 0 radical (unpaired) electrons. The van der Waals surface area contributed by atoms with Crippen molar-refractivity contribution >= 4 is 0 Å². The van der Waals surface area contributed by atoms with Gasteiger partial charge in [-0.25, -0.2) is 0 Å². The highest BCUT2D eigenvalue weighted by Gasteiger charge is 2.26. The maximum Gasteiger partial charge on any atom is 0.0826 e. The molecule has 0 aromatic heterocycles. The molecule has 1 fully saturated rings. The summed E-state index contributed by atoms with van der Waals surface area (Å²) in [5, 5.41) is 3.40. The van der Waals surface area contributed by atoms with E-state index in [0.29, 0.717) is 12.1 Å². The molecule has 3 rings (SSSR count). The number of morpholine rings is 1. The zero-order valence-corrected chi connectivity index (χ0v) is 11.1. The first-order chi connectivity index (χ1) is 8.83. The van der Waals surface area contributed by atoms with E-state index in [1.54, 1.807) is 0 Å². The number of benzene rings is 1. The van der Waals surface area contributed by atoms with Gasteiger partial charge >= 0.3 is 0 Å². The van der Waals surface area contributed by atoms with Gasteiger partial charge < -0.3 is 15.0 Å². The second kappa shape index (κ2) is 5.39. The number of nitrogens with one attached hydrogen (secondary N) is 1. The lowest BCUT2D eigenvalue weighted by atomic mass is 10.1. The SMILES string of the molecule is CN(CC1CNCCO1)C1Cc2ccccc2C1. The van der Waals surface area contributed by atoms with Crippen molar-refractivity contribution in [1.82, 2.24) is 10.2 Å². The third-order valence-corrected chi connectivity index (χ3v) is 4.15. The number of likely N-dealkylation sites (N-methyl/N-ethyl adjacent to an activating group) is 1. The summed E-state index contributed by atoms with van der Waals surface area (Å²) in [5.74, 6) is 0. The van der Waals surface area contributed by atoms with Crippen LogP contribution in [0, 0.1) is 0 Å². The molecule has 98 valence electrons. The Labute approximate surface area is 109 Å². The highest BCUT2D eigenvalue weighted by atomic mass is 16.5. The summed E-state index contributed by atoms with van der Waals surface area (Å²) in [6.45, 7) is 3.87. The molecule has 0 bridgehead atoms. The Balaban J connectivity index is 1.56. The summed E-state index contributed by atoms with van der Waals surface area (Å²) in [4.78, 5) is 2.47. The highest BCUT2D eigenvalue weighted by molar-refractivity contribution is 5.33. The Morgan fingerprint density at radius 3 is 2.61 bits per heavy atom. The molecule has 1 saturated heterocycles. The average Bonchev–Trinajstić information content (AvgIpc) is 2.84. The third-order valence-electron chi connectivity index (χ3n) is 4.15. The van der Waals surface area contributed by atoms with Crippen LogP contribution in [0.4, 0.5) is 0 Å². The van der Waals surface area contributed by atoms with Crippen molar-refractivity contribution in [3.05, 3.63) is 35.4 Å². The lowest BCUT2D eigenvalue weighted by Gasteiger charge is -2.31. The van der Waals surface area contributed by atoms with Gasteiger partial charge in [0.05, 0.1) is 12.7 Å². The number of nitrogens with zero attached hydrogens (tertiary/aromatic N) is 1. The molecule has 18 heavy (non-hydrogen) atoms. The van der Waals surface area contributed by atoms with E-state index < -0.39 is 0 Å². The van der Waals surface area contributed by atoms with E-state index in [1.807, 2.05) is 0 Å². The Kier molecular flexibility index (Phi) is 3.64. The standard InChI is InChI=1S/C15H22N2O/c1-17(11-15-10-16-6-7-18-15)14-8-12-4-2-3-5-13(12)9-14/h2-5,14-16H,6-11H2,1H3. The fraction of sp³-hybridized carbons (Fsp3) is 0.600. The van der Waals surface area contributed by atoms with E-state index >= 15 is 0 Å². The van der Waals surface area contributed by atoms with E-state index in [2.05, 4.69) is 41.5 Å². The van der Waals surface area contributed by atoms with Crippen LogP contribution >= 0.6 is 0 Å². The monoisotopic (exact) mass is 246 g/mol. The van der Waals surface area contributed by atoms with Crippen LogP contribution < -0.4 is 5.32 Å². The maximum absolute atomic E-state index is 5.78. The van der Waals surface area contributed by atoms with Gasteiger partial charge in [-0.3, -0.25) is 0 Å². The van der Waals surface area contributed by atoms with Crippen LogP contribution in [0.2, 0.25) is 0 Å². The summed E-state index contributed by atoms with van der Waals surface area (Å²) >= 11 is 0. The summed E-state index contributed by atoms with van der Waals surface area (Å²) in [5.41, 5.74) is 3.05. The minimum Gasteiger partial charge on any atom is -0.374 e. The fourth-order valence-electron chi connectivity index (χ4n) is 3.05. The number of hydrogen-bond acceptors (Lipinski definition) is 3. The van der Waals surface area contributed by atoms with Crippen molar-refractivity contribution in [1.29, 1.82) is 0 Å². The van der Waals surface area contributed by atoms with Gasteiger partial charge in [0.15, 0.2) is 0 Å². The topological polar surface area (TPSA) is 24.5 Å². The van der Waals surface area contributed by atoms with E-state index in [1.165, 1.54) is 24.0 Å². The summed E-state index contributed by atoms with van der Waals surface area (Å²) in [7, 11) is 2.23. The minimum atomic E-state index is 0.354. The van der Waals surface area contributed by atoms with E-state index in [-0.39, 0.29) is 0 Å². The van der Waals surface area contributed by atoms with Gasteiger partial charge in [0.2, 0.25) is 0 Å². The van der Waals surface area contributed by atoms with Crippen LogP contribution in [0.15, 0.2) is 24.3 Å². The lowest BCUT2D eigenvalue weighted by molar-refractivity contribution is 0.00354. The molecule has 1 atom stereocenters. The van der Waals surface area contributed by atoms with Crippen molar-refractivity contribution < 1.29 is 4.74 Å². The first kappa shape index (κ1) is 12.2. The van der Waals surface area contributed by atoms with Crippen LogP contribution in [-0.4, -0.2) is 50.3 Å². The van der Waals surface area contributed by atoms with E-state index in [4.69, 9.17) is 4.74 Å². The molecule has 1 heterocycles. The van der Waals surface area contributed by atoms with Gasteiger partial charge in [-0.05, 0) is 31.0 Å². The predicted molar refractivity (Wildman–Crippen MR) is 72.9 cm³/mol. The Hall–Kier alpha value is -0.900. The van der Waals surface area contributed by atoms with Crippen LogP contribution in [0.1, 0.15) is 11.1 Å². The number of hydrogen-bond donors (Lipinski definition) is 1. The normalized spacial score (nSPS) is 24.4. The van der Waals surface area contributed by atoms with E-state index in [0.717, 1.165) is 26.2 Å². The van der Waals surface area contributed by atoms with Crippen LogP contribution in [0.25, 0.3) is 0 Å². The minimum absolute atomic E-state index is 0.354. The predicted octanol–water partition coefficient (Wildman–Crippen LogP) is 1.07. The second-order valence-electron chi connectivity index (χ2n) is 5.47. The zero-order chi connectivity index (χ0) is 12.4. The molecule has 1 N–H and O–H groups in total. The van der Waals surface area contributed by atoms with Gasteiger partial charge in [-0.2, -0.15) is 0 Å². The Morgan fingerprint density at radius 2 is 2.00 bits per heavy atom. The molecule has 1 aliphatic carbocycles. The van der Waals surface area contributed by atoms with Gasteiger partial charge in [-0.15, -0.1) is 0 Å². The van der Waals surface area contributed by atoms with E-state index in [9.17, 15) is 0 Å². The molecule has 0 amide bonds. The molecule has 2 aliphatic rings. The van der Waals surface area contributed by atoms with Crippen LogP contribution in [0.5, 0.6) is 0 Å². The lowest BCUT2D eigenvalue weighted by Crippen LogP contribution is -2.47. The van der Waals surface area contributed by atoms with Gasteiger partial charge in [0, 0.05) is 25.7 Å². The molecule has 1 aromatic rings. The largest absolute Gasteiger partial charge is 0.374 e. The smallest absolute Gasteiger partial charge is 0.0826 e. The van der Waals surface area contributed by atoms with Crippen molar-refractivity contribution in [2.75, 3.05) is 33.3 Å². The van der Waals surface area contributed by atoms with Crippen molar-refractivity contribution in [3.8, 4) is 0 Å². The van der Waals surface area contributed by atoms with Gasteiger partial charge in [-0.1, -0.05) is 24.3 Å². The average molecular weight is 246 g/mol. The molecule has 3 heteroatoms. The maximum atomic E-state index is 5.78. The summed E-state index contributed by atoms with van der Waals surface area (Å²) in [6.07, 6.45) is 2.73. The summed E-state index contributed by atoms with van der Waals surface area (Å²) in [6, 6.07) is 9.47.